The van der Waals surface area contributed by atoms with Gasteiger partial charge in [0.2, 0.25) is 15.9 Å². The zero-order chi connectivity index (χ0) is 16.9. The summed E-state index contributed by atoms with van der Waals surface area (Å²) in [5.41, 5.74) is 2.34. The van der Waals surface area contributed by atoms with Crippen LogP contribution in [0.4, 0.5) is 5.82 Å². The van der Waals surface area contributed by atoms with Crippen molar-refractivity contribution in [3.63, 3.8) is 0 Å². The van der Waals surface area contributed by atoms with E-state index in [1.54, 1.807) is 0 Å². The fourth-order valence-electron chi connectivity index (χ4n) is 1.90. The Labute approximate surface area is 134 Å². The smallest absolute Gasteiger partial charge is 0.243 e. The molecule has 0 saturated heterocycles. The summed E-state index contributed by atoms with van der Waals surface area (Å²) in [6.07, 6.45) is 3.00. The molecular weight excluding hydrogens is 318 g/mol. The van der Waals surface area contributed by atoms with Crippen LogP contribution < -0.4 is 10.0 Å². The average molecular weight is 337 g/mol. The molecule has 0 atom stereocenters. The van der Waals surface area contributed by atoms with Crippen LogP contribution in [0, 0.1) is 6.92 Å². The first kappa shape index (κ1) is 16.9. The Bertz CT molecular complexity index is 768. The number of aromatic nitrogens is 3. The van der Waals surface area contributed by atoms with Crippen LogP contribution in [0.3, 0.4) is 0 Å². The number of hydrogen-bond donors (Lipinski definition) is 2. The first-order valence-corrected chi connectivity index (χ1v) is 8.91. The summed E-state index contributed by atoms with van der Waals surface area (Å²) in [5, 5.41) is 10.5. The van der Waals surface area contributed by atoms with E-state index >= 15 is 0 Å². The first-order valence-electron chi connectivity index (χ1n) is 7.02. The van der Waals surface area contributed by atoms with E-state index in [0.717, 1.165) is 23.0 Å². The van der Waals surface area contributed by atoms with E-state index in [0.29, 0.717) is 6.54 Å². The maximum absolute atomic E-state index is 11.8. The van der Waals surface area contributed by atoms with Gasteiger partial charge in [0, 0.05) is 6.54 Å². The predicted octanol–water partition coefficient (Wildman–Crippen LogP) is 0.317. The highest BCUT2D eigenvalue weighted by Gasteiger charge is 2.08. The van der Waals surface area contributed by atoms with Gasteiger partial charge in [-0.25, -0.2) is 8.42 Å². The number of sulfonamides is 1. The van der Waals surface area contributed by atoms with Crippen molar-refractivity contribution in [2.75, 3.05) is 17.5 Å². The Morgan fingerprint density at radius 2 is 1.96 bits per heavy atom. The van der Waals surface area contributed by atoms with Gasteiger partial charge in [-0.15, -0.1) is 5.10 Å². The summed E-state index contributed by atoms with van der Waals surface area (Å²) in [4.78, 5) is 12.9. The molecule has 0 unspecified atom stereocenters. The first-order chi connectivity index (χ1) is 10.8. The standard InChI is InChI=1S/C14H19N5O3S/c1-11-3-5-12(6-4-11)7-8-15-14(20)10-19-16-9-13(17-19)18-23(2,21)22/h3-6,9H,7-8,10H2,1-2H3,(H,15,20)(H,17,18). The van der Waals surface area contributed by atoms with E-state index in [9.17, 15) is 13.2 Å². The summed E-state index contributed by atoms with van der Waals surface area (Å²) < 4.78 is 24.3. The molecule has 0 fully saturated rings. The summed E-state index contributed by atoms with van der Waals surface area (Å²) in [6, 6.07) is 8.11. The summed E-state index contributed by atoms with van der Waals surface area (Å²) in [5.74, 6) is -0.154. The second-order valence-electron chi connectivity index (χ2n) is 5.22. The van der Waals surface area contributed by atoms with E-state index in [-0.39, 0.29) is 18.3 Å². The normalized spacial score (nSPS) is 11.2. The molecule has 1 aromatic carbocycles. The van der Waals surface area contributed by atoms with Gasteiger partial charge in [0.1, 0.15) is 6.54 Å². The molecule has 1 amide bonds. The van der Waals surface area contributed by atoms with Crippen LogP contribution in [0.1, 0.15) is 11.1 Å². The number of amides is 1. The van der Waals surface area contributed by atoms with E-state index < -0.39 is 10.0 Å². The minimum Gasteiger partial charge on any atom is -0.354 e. The Balaban J connectivity index is 1.77. The largest absolute Gasteiger partial charge is 0.354 e. The number of carbonyl (C=O) groups excluding carboxylic acids is 1. The molecule has 0 bridgehead atoms. The van der Waals surface area contributed by atoms with Crippen molar-refractivity contribution in [2.45, 2.75) is 19.9 Å². The fourth-order valence-corrected chi connectivity index (χ4v) is 2.37. The fraction of sp³-hybridized carbons (Fsp3) is 0.357. The third-order valence-corrected chi connectivity index (χ3v) is 3.55. The van der Waals surface area contributed by atoms with Crippen LogP contribution in [0.5, 0.6) is 0 Å². The maximum atomic E-state index is 11.8. The van der Waals surface area contributed by atoms with Gasteiger partial charge in [0.05, 0.1) is 12.5 Å². The van der Waals surface area contributed by atoms with Crippen LogP contribution in [0.15, 0.2) is 30.5 Å². The molecule has 0 spiro atoms. The SMILES string of the molecule is Cc1ccc(CCNC(=O)Cn2ncc(NS(C)(=O)=O)n2)cc1. The Kier molecular flexibility index (Phi) is 5.32. The number of nitrogens with one attached hydrogen (secondary N) is 2. The van der Waals surface area contributed by atoms with Crippen molar-refractivity contribution in [3.8, 4) is 0 Å². The van der Waals surface area contributed by atoms with Crippen molar-refractivity contribution in [2.24, 2.45) is 0 Å². The third kappa shape index (κ3) is 6.07. The number of benzene rings is 1. The number of aryl methyl sites for hydroxylation is 1. The lowest BCUT2D eigenvalue weighted by Crippen LogP contribution is -2.30. The van der Waals surface area contributed by atoms with Crippen LogP contribution in [-0.2, 0) is 27.8 Å². The highest BCUT2D eigenvalue weighted by Crippen LogP contribution is 2.03. The maximum Gasteiger partial charge on any atom is 0.243 e. The van der Waals surface area contributed by atoms with Crippen LogP contribution in [0.2, 0.25) is 0 Å². The molecule has 0 saturated carbocycles. The minimum atomic E-state index is -3.41. The number of hydrogen-bond acceptors (Lipinski definition) is 5. The molecular formula is C14H19N5O3S. The molecule has 2 N–H and O–H groups in total. The molecule has 2 rings (SSSR count). The highest BCUT2D eigenvalue weighted by atomic mass is 32.2. The number of rotatable bonds is 7. The topological polar surface area (TPSA) is 106 Å². The van der Waals surface area contributed by atoms with Gasteiger partial charge < -0.3 is 5.32 Å². The van der Waals surface area contributed by atoms with E-state index in [1.165, 1.54) is 11.8 Å². The zero-order valence-corrected chi connectivity index (χ0v) is 13.8. The molecule has 124 valence electrons. The van der Waals surface area contributed by atoms with Gasteiger partial charge >= 0.3 is 0 Å². The lowest BCUT2D eigenvalue weighted by atomic mass is 10.1. The molecule has 23 heavy (non-hydrogen) atoms. The third-order valence-electron chi connectivity index (χ3n) is 2.97. The molecule has 0 aliphatic rings. The lowest BCUT2D eigenvalue weighted by Gasteiger charge is -2.05. The Morgan fingerprint density at radius 1 is 1.26 bits per heavy atom. The van der Waals surface area contributed by atoms with Crippen molar-refractivity contribution >= 4 is 21.7 Å². The van der Waals surface area contributed by atoms with Crippen LogP contribution in [-0.4, -0.2) is 42.1 Å². The van der Waals surface area contributed by atoms with Gasteiger partial charge in [0.15, 0.2) is 5.82 Å². The lowest BCUT2D eigenvalue weighted by molar-refractivity contribution is -0.122. The van der Waals surface area contributed by atoms with Gasteiger partial charge in [-0.1, -0.05) is 29.8 Å². The van der Waals surface area contributed by atoms with Crippen molar-refractivity contribution in [1.82, 2.24) is 20.3 Å². The number of nitrogens with zero attached hydrogens (tertiary/aromatic N) is 3. The molecule has 0 aliphatic carbocycles. The van der Waals surface area contributed by atoms with Crippen molar-refractivity contribution in [1.29, 1.82) is 0 Å². The molecule has 2 aromatic rings. The summed E-state index contributed by atoms with van der Waals surface area (Å²) in [7, 11) is -3.41. The van der Waals surface area contributed by atoms with Crippen LogP contribution in [0.25, 0.3) is 0 Å². The molecule has 1 heterocycles. The van der Waals surface area contributed by atoms with Crippen LogP contribution >= 0.6 is 0 Å². The second-order valence-corrected chi connectivity index (χ2v) is 6.97. The van der Waals surface area contributed by atoms with Gasteiger partial charge in [-0.3, -0.25) is 9.52 Å². The molecule has 1 aromatic heterocycles. The second kappa shape index (κ2) is 7.23. The van der Waals surface area contributed by atoms with Gasteiger partial charge in [-0.05, 0) is 18.9 Å². The monoisotopic (exact) mass is 337 g/mol. The van der Waals surface area contributed by atoms with Crippen molar-refractivity contribution in [3.05, 3.63) is 41.6 Å². The van der Waals surface area contributed by atoms with Gasteiger partial charge in [-0.2, -0.15) is 9.90 Å². The van der Waals surface area contributed by atoms with E-state index in [1.807, 2.05) is 31.2 Å². The van der Waals surface area contributed by atoms with Gasteiger partial charge in [0.25, 0.3) is 0 Å². The summed E-state index contributed by atoms with van der Waals surface area (Å²) >= 11 is 0. The predicted molar refractivity (Wildman–Crippen MR) is 86.4 cm³/mol. The molecule has 8 nitrogen and oxygen atoms in total. The molecule has 0 aliphatic heterocycles. The quantitative estimate of drug-likeness (QED) is 0.757. The average Bonchev–Trinajstić information content (AvgIpc) is 2.86. The van der Waals surface area contributed by atoms with E-state index in [2.05, 4.69) is 20.2 Å². The zero-order valence-electron chi connectivity index (χ0n) is 13.0. The van der Waals surface area contributed by atoms with Crippen molar-refractivity contribution < 1.29 is 13.2 Å². The summed E-state index contributed by atoms with van der Waals surface area (Å²) in [6.45, 7) is 2.46. The molecule has 0 radical (unpaired) electrons. The molecule has 9 heteroatoms. The highest BCUT2D eigenvalue weighted by molar-refractivity contribution is 7.92. The van der Waals surface area contributed by atoms with E-state index in [4.69, 9.17) is 0 Å². The Morgan fingerprint density at radius 3 is 2.61 bits per heavy atom. The number of carbonyl (C=O) groups is 1. The number of anilines is 1. The Hall–Kier alpha value is -2.42. The minimum absolute atomic E-state index is 0.0701.